The topological polar surface area (TPSA) is 44.1 Å². The molecule has 4 nitrogen and oxygen atoms in total. The van der Waals surface area contributed by atoms with Gasteiger partial charge in [-0.15, -0.1) is 0 Å². The maximum atomic E-state index is 12.8. The van der Waals surface area contributed by atoms with Crippen molar-refractivity contribution in [2.45, 2.75) is 13.5 Å². The summed E-state index contributed by atoms with van der Waals surface area (Å²) >= 11 is 0. The normalized spacial score (nSPS) is 10.8. The van der Waals surface area contributed by atoms with E-state index >= 15 is 0 Å². The summed E-state index contributed by atoms with van der Waals surface area (Å²) in [5.41, 5.74) is 3.54. The molecule has 2 heterocycles. The van der Waals surface area contributed by atoms with Gasteiger partial charge in [0.15, 0.2) is 0 Å². The van der Waals surface area contributed by atoms with Gasteiger partial charge in [-0.2, -0.15) is 0 Å². The first kappa shape index (κ1) is 16.1. The summed E-state index contributed by atoms with van der Waals surface area (Å²) in [4.78, 5) is 17.0. The molecule has 0 aliphatic rings. The third-order valence-corrected chi connectivity index (χ3v) is 4.36. The van der Waals surface area contributed by atoms with E-state index in [1.165, 1.54) is 0 Å². The minimum Gasteiger partial charge on any atom is -0.473 e. The van der Waals surface area contributed by atoms with Gasteiger partial charge in [-0.25, -0.2) is 4.98 Å². The molecule has 0 amide bonds. The number of pyridine rings is 1. The zero-order valence-corrected chi connectivity index (χ0v) is 14.4. The molecule has 0 aliphatic carbocycles. The van der Waals surface area contributed by atoms with Crippen molar-refractivity contribution in [2.24, 2.45) is 0 Å². The highest BCUT2D eigenvalue weighted by molar-refractivity contribution is 6.02. The van der Waals surface area contributed by atoms with Crippen LogP contribution in [0.25, 0.3) is 10.9 Å². The van der Waals surface area contributed by atoms with Crippen LogP contribution in [0.4, 0.5) is 0 Å². The Morgan fingerprint density at radius 3 is 2.62 bits per heavy atom. The minimum absolute atomic E-state index is 0.0424. The number of carbonyl (C=O) groups excluding carboxylic acids is 1. The van der Waals surface area contributed by atoms with Crippen molar-refractivity contribution in [1.29, 1.82) is 0 Å². The van der Waals surface area contributed by atoms with E-state index in [-0.39, 0.29) is 5.91 Å². The zero-order valence-electron chi connectivity index (χ0n) is 14.4. The van der Waals surface area contributed by atoms with Gasteiger partial charge < -0.3 is 4.74 Å². The van der Waals surface area contributed by atoms with Crippen LogP contribution in [0, 0.1) is 6.92 Å². The first-order valence-electron chi connectivity index (χ1n) is 8.46. The number of para-hydroxylation sites is 1. The number of benzene rings is 2. The Kier molecular flexibility index (Phi) is 4.23. The Bertz CT molecular complexity index is 1060. The summed E-state index contributed by atoms with van der Waals surface area (Å²) in [6.07, 6.45) is 3.53. The fourth-order valence-corrected chi connectivity index (χ4v) is 2.92. The van der Waals surface area contributed by atoms with E-state index in [1.54, 1.807) is 10.8 Å². The van der Waals surface area contributed by atoms with Crippen LogP contribution in [0.2, 0.25) is 0 Å². The van der Waals surface area contributed by atoms with Crippen molar-refractivity contribution in [3.05, 3.63) is 95.8 Å². The van der Waals surface area contributed by atoms with Gasteiger partial charge in [0.1, 0.15) is 6.61 Å². The average Bonchev–Trinajstić information content (AvgIpc) is 3.11. The van der Waals surface area contributed by atoms with Crippen LogP contribution in [0.15, 0.2) is 79.1 Å². The molecule has 2 aromatic carbocycles. The molecule has 0 radical (unpaired) electrons. The van der Waals surface area contributed by atoms with Crippen LogP contribution >= 0.6 is 0 Å². The Balaban J connectivity index is 1.50. The van der Waals surface area contributed by atoms with Crippen molar-refractivity contribution in [1.82, 2.24) is 9.55 Å². The van der Waals surface area contributed by atoms with Crippen LogP contribution in [-0.2, 0) is 6.61 Å². The van der Waals surface area contributed by atoms with E-state index < -0.39 is 0 Å². The molecule has 0 unspecified atom stereocenters. The van der Waals surface area contributed by atoms with Gasteiger partial charge in [0.25, 0.3) is 5.91 Å². The number of carbonyl (C=O) groups is 1. The first-order valence-corrected chi connectivity index (χ1v) is 8.46. The summed E-state index contributed by atoms with van der Waals surface area (Å²) in [6, 6.07) is 21.1. The Labute approximate surface area is 151 Å². The van der Waals surface area contributed by atoms with Gasteiger partial charge >= 0.3 is 0 Å². The van der Waals surface area contributed by atoms with E-state index in [4.69, 9.17) is 4.74 Å². The maximum Gasteiger partial charge on any atom is 0.262 e. The van der Waals surface area contributed by atoms with Gasteiger partial charge in [-0.05, 0) is 42.8 Å². The Hall–Kier alpha value is -3.40. The SMILES string of the molecule is Cc1cccnc1OCc1ccc(C(=O)n2ccc3ccccc32)cc1. The molecule has 0 spiro atoms. The van der Waals surface area contributed by atoms with Gasteiger partial charge in [-0.1, -0.05) is 36.4 Å². The second-order valence-corrected chi connectivity index (χ2v) is 6.16. The quantitative estimate of drug-likeness (QED) is 0.544. The fraction of sp³-hybridized carbons (Fsp3) is 0.0909. The van der Waals surface area contributed by atoms with E-state index in [0.29, 0.717) is 18.1 Å². The van der Waals surface area contributed by atoms with Gasteiger partial charge in [0, 0.05) is 28.9 Å². The molecule has 4 heteroatoms. The van der Waals surface area contributed by atoms with Crippen LogP contribution in [0.5, 0.6) is 5.88 Å². The molecule has 0 N–H and O–H groups in total. The molecular weight excluding hydrogens is 324 g/mol. The monoisotopic (exact) mass is 342 g/mol. The van der Waals surface area contributed by atoms with E-state index in [1.807, 2.05) is 79.9 Å². The molecule has 0 saturated heterocycles. The molecule has 0 aliphatic heterocycles. The minimum atomic E-state index is -0.0424. The lowest BCUT2D eigenvalue weighted by Crippen LogP contribution is -2.10. The number of hydrogen-bond donors (Lipinski definition) is 0. The van der Waals surface area contributed by atoms with Crippen LogP contribution in [0.3, 0.4) is 0 Å². The number of fused-ring (bicyclic) bond motifs is 1. The highest BCUT2D eigenvalue weighted by Crippen LogP contribution is 2.18. The largest absolute Gasteiger partial charge is 0.473 e. The molecule has 2 aromatic heterocycles. The number of hydrogen-bond acceptors (Lipinski definition) is 3. The molecule has 0 fully saturated rings. The molecule has 0 bridgehead atoms. The van der Waals surface area contributed by atoms with Gasteiger partial charge in [-0.3, -0.25) is 9.36 Å². The second kappa shape index (κ2) is 6.84. The average molecular weight is 342 g/mol. The van der Waals surface area contributed by atoms with E-state index in [0.717, 1.165) is 22.0 Å². The molecule has 4 rings (SSSR count). The number of aryl methyl sites for hydroxylation is 1. The lowest BCUT2D eigenvalue weighted by atomic mass is 10.1. The molecular formula is C22H18N2O2. The number of rotatable bonds is 4. The highest BCUT2D eigenvalue weighted by atomic mass is 16.5. The summed E-state index contributed by atoms with van der Waals surface area (Å²) < 4.78 is 7.43. The summed E-state index contributed by atoms with van der Waals surface area (Å²) in [5.74, 6) is 0.589. The lowest BCUT2D eigenvalue weighted by molar-refractivity contribution is 0.0965. The zero-order chi connectivity index (χ0) is 17.9. The third-order valence-electron chi connectivity index (χ3n) is 4.36. The predicted molar refractivity (Wildman–Crippen MR) is 101 cm³/mol. The predicted octanol–water partition coefficient (Wildman–Crippen LogP) is 4.61. The lowest BCUT2D eigenvalue weighted by Gasteiger charge is -2.09. The standard InChI is InChI=1S/C22H18N2O2/c1-16-5-4-13-23-21(16)26-15-17-8-10-19(11-9-17)22(25)24-14-12-18-6-2-3-7-20(18)24/h2-14H,15H2,1H3. The summed E-state index contributed by atoms with van der Waals surface area (Å²) in [5, 5.41) is 1.05. The summed E-state index contributed by atoms with van der Waals surface area (Å²) in [7, 11) is 0. The molecule has 0 saturated carbocycles. The molecule has 0 atom stereocenters. The van der Waals surface area contributed by atoms with Gasteiger partial charge in [0.05, 0.1) is 5.52 Å². The van der Waals surface area contributed by atoms with Crippen molar-refractivity contribution in [2.75, 3.05) is 0 Å². The van der Waals surface area contributed by atoms with E-state index in [9.17, 15) is 4.79 Å². The van der Waals surface area contributed by atoms with Gasteiger partial charge in [0.2, 0.25) is 5.88 Å². The van der Waals surface area contributed by atoms with E-state index in [2.05, 4.69) is 4.98 Å². The van der Waals surface area contributed by atoms with Crippen LogP contribution in [-0.4, -0.2) is 15.5 Å². The van der Waals surface area contributed by atoms with Crippen molar-refractivity contribution in [3.8, 4) is 5.88 Å². The number of nitrogens with zero attached hydrogens (tertiary/aromatic N) is 2. The van der Waals surface area contributed by atoms with Crippen LogP contribution in [0.1, 0.15) is 21.5 Å². The van der Waals surface area contributed by atoms with Crippen LogP contribution < -0.4 is 4.74 Å². The fourth-order valence-electron chi connectivity index (χ4n) is 2.92. The number of aromatic nitrogens is 2. The summed E-state index contributed by atoms with van der Waals surface area (Å²) in [6.45, 7) is 2.38. The maximum absolute atomic E-state index is 12.8. The molecule has 128 valence electrons. The molecule has 4 aromatic rings. The highest BCUT2D eigenvalue weighted by Gasteiger charge is 2.11. The van der Waals surface area contributed by atoms with Crippen molar-refractivity contribution in [3.63, 3.8) is 0 Å². The Morgan fingerprint density at radius 2 is 1.81 bits per heavy atom. The second-order valence-electron chi connectivity index (χ2n) is 6.16. The Morgan fingerprint density at radius 1 is 1.00 bits per heavy atom. The molecule has 26 heavy (non-hydrogen) atoms. The van der Waals surface area contributed by atoms with Crippen molar-refractivity contribution >= 4 is 16.8 Å². The smallest absolute Gasteiger partial charge is 0.262 e. The number of ether oxygens (including phenoxy) is 1. The first-order chi connectivity index (χ1) is 12.7. The third kappa shape index (κ3) is 3.09. The van der Waals surface area contributed by atoms with Crippen molar-refractivity contribution < 1.29 is 9.53 Å².